The maximum atomic E-state index is 12.0. The highest BCUT2D eigenvalue weighted by Gasteiger charge is 2.13. The van der Waals surface area contributed by atoms with E-state index in [9.17, 15) is 13.2 Å². The lowest BCUT2D eigenvalue weighted by Gasteiger charge is -2.07. The molecule has 0 spiro atoms. The van der Waals surface area contributed by atoms with Gasteiger partial charge >= 0.3 is 5.97 Å². The van der Waals surface area contributed by atoms with Crippen LogP contribution in [0.1, 0.15) is 15.9 Å². The number of rotatable bonds is 3. The number of sulfone groups is 1. The second kappa shape index (κ2) is 5.87. The minimum absolute atomic E-state index is 0.146. The molecule has 4 nitrogen and oxygen atoms in total. The molecule has 0 heterocycles. The number of carbonyl (C=O) groups excluding carboxylic acids is 1. The molecule has 0 N–H and O–H groups in total. The fourth-order valence-electron chi connectivity index (χ4n) is 1.69. The molecule has 0 fully saturated rings. The van der Waals surface area contributed by atoms with E-state index in [4.69, 9.17) is 16.3 Å². The molecule has 2 rings (SSSR count). The fraction of sp³-hybridized carbons (Fsp3) is 0.133. The van der Waals surface area contributed by atoms with Crippen LogP contribution in [0.5, 0.6) is 5.75 Å². The maximum Gasteiger partial charge on any atom is 0.343 e. The molecule has 0 aliphatic rings. The van der Waals surface area contributed by atoms with E-state index in [2.05, 4.69) is 0 Å². The van der Waals surface area contributed by atoms with Crippen molar-refractivity contribution in [2.24, 2.45) is 0 Å². The first-order valence-electron chi connectivity index (χ1n) is 6.06. The van der Waals surface area contributed by atoms with Crippen LogP contribution in [0.25, 0.3) is 0 Å². The van der Waals surface area contributed by atoms with Crippen molar-refractivity contribution in [2.75, 3.05) is 6.26 Å². The van der Waals surface area contributed by atoms with Crippen molar-refractivity contribution in [3.05, 3.63) is 58.6 Å². The zero-order valence-corrected chi connectivity index (χ0v) is 13.0. The third-order valence-electron chi connectivity index (χ3n) is 2.81. The van der Waals surface area contributed by atoms with Crippen LogP contribution in [0.2, 0.25) is 5.02 Å². The van der Waals surface area contributed by atoms with E-state index in [1.807, 2.05) is 6.92 Å². The Morgan fingerprint density at radius 1 is 1.10 bits per heavy atom. The third-order valence-corrected chi connectivity index (χ3v) is 4.25. The van der Waals surface area contributed by atoms with E-state index in [1.165, 1.54) is 24.3 Å². The molecule has 0 aliphatic carbocycles. The standard InChI is InChI=1S/C15H13ClO4S/c1-10-3-8-13(16)14(9-10)20-15(17)11-4-6-12(7-5-11)21(2,18)19/h3-9H,1-2H3. The van der Waals surface area contributed by atoms with Crippen LogP contribution in [-0.2, 0) is 9.84 Å². The minimum atomic E-state index is -3.29. The van der Waals surface area contributed by atoms with Crippen LogP contribution < -0.4 is 4.74 Å². The molecule has 2 aromatic carbocycles. The first-order valence-corrected chi connectivity index (χ1v) is 8.33. The van der Waals surface area contributed by atoms with E-state index in [1.54, 1.807) is 18.2 Å². The third kappa shape index (κ3) is 3.83. The normalized spacial score (nSPS) is 11.2. The molecule has 6 heteroatoms. The molecular weight excluding hydrogens is 312 g/mol. The van der Waals surface area contributed by atoms with Crippen LogP contribution in [0, 0.1) is 6.92 Å². The zero-order chi connectivity index (χ0) is 15.6. The molecule has 0 unspecified atom stereocenters. The molecule has 0 saturated carbocycles. The average molecular weight is 325 g/mol. The summed E-state index contributed by atoms with van der Waals surface area (Å²) in [5.74, 6) is -0.323. The van der Waals surface area contributed by atoms with Crippen LogP contribution in [0.4, 0.5) is 0 Å². The number of hydrogen-bond donors (Lipinski definition) is 0. The van der Waals surface area contributed by atoms with Gasteiger partial charge in [-0.15, -0.1) is 0 Å². The Kier molecular flexibility index (Phi) is 4.34. The number of hydrogen-bond acceptors (Lipinski definition) is 4. The Morgan fingerprint density at radius 2 is 1.71 bits per heavy atom. The Hall–Kier alpha value is -1.85. The van der Waals surface area contributed by atoms with E-state index in [0.717, 1.165) is 11.8 Å². The monoisotopic (exact) mass is 324 g/mol. The molecule has 0 aromatic heterocycles. The summed E-state index contributed by atoms with van der Waals surface area (Å²) in [6, 6.07) is 10.6. The number of aryl methyl sites for hydroxylation is 1. The van der Waals surface area contributed by atoms with Crippen LogP contribution in [0.15, 0.2) is 47.4 Å². The number of halogens is 1. The van der Waals surface area contributed by atoms with Gasteiger partial charge in [0, 0.05) is 6.26 Å². The van der Waals surface area contributed by atoms with Crippen molar-refractivity contribution in [1.82, 2.24) is 0 Å². The quantitative estimate of drug-likeness (QED) is 0.642. The summed E-state index contributed by atoms with van der Waals surface area (Å²) in [7, 11) is -3.29. The van der Waals surface area contributed by atoms with Gasteiger partial charge in [-0.1, -0.05) is 17.7 Å². The average Bonchev–Trinajstić information content (AvgIpc) is 2.42. The largest absolute Gasteiger partial charge is 0.421 e. The zero-order valence-electron chi connectivity index (χ0n) is 11.5. The van der Waals surface area contributed by atoms with Crippen LogP contribution in [0.3, 0.4) is 0 Å². The minimum Gasteiger partial charge on any atom is -0.421 e. The summed E-state index contributed by atoms with van der Waals surface area (Å²) in [5, 5.41) is 0.335. The maximum absolute atomic E-state index is 12.0. The van der Waals surface area contributed by atoms with Gasteiger partial charge in [-0.3, -0.25) is 0 Å². The summed E-state index contributed by atoms with van der Waals surface area (Å²) in [5.41, 5.74) is 1.16. The molecule has 0 aliphatic heterocycles. The van der Waals surface area contributed by atoms with Gasteiger partial charge in [-0.05, 0) is 48.9 Å². The summed E-state index contributed by atoms with van der Waals surface area (Å²) in [6.45, 7) is 1.86. The van der Waals surface area contributed by atoms with Gasteiger partial charge in [0.15, 0.2) is 9.84 Å². The number of benzene rings is 2. The lowest BCUT2D eigenvalue weighted by Crippen LogP contribution is -2.09. The molecule has 21 heavy (non-hydrogen) atoms. The lowest BCUT2D eigenvalue weighted by molar-refractivity contribution is 0.0734. The van der Waals surface area contributed by atoms with Crippen molar-refractivity contribution >= 4 is 27.4 Å². The van der Waals surface area contributed by atoms with Crippen molar-refractivity contribution in [1.29, 1.82) is 0 Å². The number of esters is 1. The van der Waals surface area contributed by atoms with E-state index in [0.29, 0.717) is 5.02 Å². The summed E-state index contributed by atoms with van der Waals surface area (Å²) < 4.78 is 27.9. The first kappa shape index (κ1) is 15.5. The SMILES string of the molecule is Cc1ccc(Cl)c(OC(=O)c2ccc(S(C)(=O)=O)cc2)c1. The topological polar surface area (TPSA) is 60.4 Å². The first-order chi connectivity index (χ1) is 9.77. The Bertz CT molecular complexity index is 780. The molecule has 110 valence electrons. The fourth-order valence-corrected chi connectivity index (χ4v) is 2.47. The van der Waals surface area contributed by atoms with E-state index >= 15 is 0 Å². The van der Waals surface area contributed by atoms with E-state index in [-0.39, 0.29) is 16.2 Å². The van der Waals surface area contributed by atoms with Gasteiger partial charge < -0.3 is 4.74 Å². The molecule has 0 saturated heterocycles. The predicted molar refractivity (Wildman–Crippen MR) is 80.7 cm³/mol. The molecule has 0 bridgehead atoms. The number of carbonyl (C=O) groups is 1. The second-order valence-corrected chi connectivity index (χ2v) is 7.04. The molecule has 2 aromatic rings. The smallest absolute Gasteiger partial charge is 0.343 e. The van der Waals surface area contributed by atoms with Crippen molar-refractivity contribution in [3.8, 4) is 5.75 Å². The Balaban J connectivity index is 2.23. The molecular formula is C15H13ClO4S. The van der Waals surface area contributed by atoms with E-state index < -0.39 is 15.8 Å². The number of ether oxygens (including phenoxy) is 1. The van der Waals surface area contributed by atoms with Crippen molar-refractivity contribution in [3.63, 3.8) is 0 Å². The Labute approximate surface area is 128 Å². The highest BCUT2D eigenvalue weighted by Crippen LogP contribution is 2.26. The molecule has 0 radical (unpaired) electrons. The Morgan fingerprint density at radius 3 is 2.29 bits per heavy atom. The molecule has 0 atom stereocenters. The van der Waals surface area contributed by atoms with Crippen molar-refractivity contribution in [2.45, 2.75) is 11.8 Å². The molecule has 0 amide bonds. The van der Waals surface area contributed by atoms with Crippen molar-refractivity contribution < 1.29 is 17.9 Å². The summed E-state index contributed by atoms with van der Waals surface area (Å²) >= 11 is 5.96. The van der Waals surface area contributed by atoms with Gasteiger partial charge in [0.1, 0.15) is 5.75 Å². The second-order valence-electron chi connectivity index (χ2n) is 4.62. The van der Waals surface area contributed by atoms with Crippen LogP contribution in [-0.4, -0.2) is 20.6 Å². The summed E-state index contributed by atoms with van der Waals surface area (Å²) in [6.07, 6.45) is 1.10. The lowest BCUT2D eigenvalue weighted by atomic mass is 10.2. The highest BCUT2D eigenvalue weighted by atomic mass is 35.5. The predicted octanol–water partition coefficient (Wildman–Crippen LogP) is 3.27. The van der Waals surface area contributed by atoms with Gasteiger partial charge in [-0.2, -0.15) is 0 Å². The summed E-state index contributed by atoms with van der Waals surface area (Å²) in [4.78, 5) is 12.2. The van der Waals surface area contributed by atoms with Gasteiger partial charge in [0.25, 0.3) is 0 Å². The van der Waals surface area contributed by atoms with Gasteiger partial charge in [0.2, 0.25) is 0 Å². The van der Waals surface area contributed by atoms with Gasteiger partial charge in [-0.25, -0.2) is 13.2 Å². The van der Waals surface area contributed by atoms with Crippen LogP contribution >= 0.6 is 11.6 Å². The van der Waals surface area contributed by atoms with Gasteiger partial charge in [0.05, 0.1) is 15.5 Å². The highest BCUT2D eigenvalue weighted by molar-refractivity contribution is 7.90.